The van der Waals surface area contributed by atoms with Gasteiger partial charge in [0.1, 0.15) is 6.23 Å². The van der Waals surface area contributed by atoms with E-state index in [2.05, 4.69) is 0 Å². The quantitative estimate of drug-likeness (QED) is 0.589. The maximum Gasteiger partial charge on any atom is 0.335 e. The van der Waals surface area contributed by atoms with E-state index in [-0.39, 0.29) is 6.42 Å². The zero-order valence-electron chi connectivity index (χ0n) is 8.87. The van der Waals surface area contributed by atoms with Gasteiger partial charge in [-0.05, 0) is 0 Å². The summed E-state index contributed by atoms with van der Waals surface area (Å²) in [5.74, 6) is -2.59. The van der Waals surface area contributed by atoms with E-state index in [4.69, 9.17) is 9.84 Å². The molecule has 1 aliphatic heterocycles. The third-order valence-electron chi connectivity index (χ3n) is 2.57. The molecule has 1 fully saturated rings. The standard InChI is InChI=1S/C9H9FN2O6/c10-3-2-12(9(17)11-7(3)14)5-1-4(13)6(18-5)8(15)16/h2,4-6,13H,1H2,(H,15,16)(H,11,14,17)/t4-,5?,6-/m0/s1. The smallest absolute Gasteiger partial charge is 0.335 e. The molecule has 0 aromatic carbocycles. The van der Waals surface area contributed by atoms with Crippen LogP contribution in [0.1, 0.15) is 12.6 Å². The molecular weight excluding hydrogens is 251 g/mol. The Morgan fingerprint density at radius 2 is 2.22 bits per heavy atom. The SMILES string of the molecule is O=C(O)[C@H]1OC(n2cc(F)c(=O)[nH]c2=O)C[C@@H]1O. The van der Waals surface area contributed by atoms with E-state index in [0.717, 1.165) is 0 Å². The van der Waals surface area contributed by atoms with E-state index in [1.54, 1.807) is 4.98 Å². The van der Waals surface area contributed by atoms with Crippen LogP contribution in [-0.2, 0) is 9.53 Å². The van der Waals surface area contributed by atoms with Crippen LogP contribution in [0.25, 0.3) is 0 Å². The van der Waals surface area contributed by atoms with Crippen LogP contribution in [0, 0.1) is 5.82 Å². The largest absolute Gasteiger partial charge is 0.479 e. The summed E-state index contributed by atoms with van der Waals surface area (Å²) in [5, 5.41) is 18.1. The summed E-state index contributed by atoms with van der Waals surface area (Å²) in [4.78, 5) is 34.6. The molecular formula is C9H9FN2O6. The van der Waals surface area contributed by atoms with Crippen molar-refractivity contribution in [3.8, 4) is 0 Å². The maximum atomic E-state index is 13.0. The van der Waals surface area contributed by atoms with E-state index in [9.17, 15) is 23.9 Å². The number of nitrogens with one attached hydrogen (secondary N) is 1. The number of aliphatic hydroxyl groups excluding tert-OH is 1. The molecule has 3 N–H and O–H groups in total. The van der Waals surface area contributed by atoms with Crippen molar-refractivity contribution < 1.29 is 24.1 Å². The fourth-order valence-electron chi connectivity index (χ4n) is 1.72. The van der Waals surface area contributed by atoms with Crippen molar-refractivity contribution in [3.63, 3.8) is 0 Å². The van der Waals surface area contributed by atoms with Crippen LogP contribution in [0.2, 0.25) is 0 Å². The predicted octanol–water partition coefficient (Wildman–Crippen LogP) is -1.59. The van der Waals surface area contributed by atoms with Crippen molar-refractivity contribution in [2.75, 3.05) is 0 Å². The molecule has 2 heterocycles. The minimum absolute atomic E-state index is 0.192. The lowest BCUT2D eigenvalue weighted by atomic mass is 10.2. The van der Waals surface area contributed by atoms with Crippen LogP contribution in [-0.4, -0.2) is 37.9 Å². The van der Waals surface area contributed by atoms with E-state index < -0.39 is 41.5 Å². The number of carboxylic acids is 1. The number of hydrogen-bond donors (Lipinski definition) is 3. The molecule has 1 aliphatic rings. The fraction of sp³-hybridized carbons (Fsp3) is 0.444. The number of aliphatic hydroxyl groups is 1. The Morgan fingerprint density at radius 3 is 2.78 bits per heavy atom. The third kappa shape index (κ3) is 2.05. The first-order valence-electron chi connectivity index (χ1n) is 4.97. The second-order valence-electron chi connectivity index (χ2n) is 3.80. The van der Waals surface area contributed by atoms with Gasteiger partial charge in [0.05, 0.1) is 12.3 Å². The molecule has 2 rings (SSSR count). The number of rotatable bonds is 2. The Balaban J connectivity index is 2.35. The molecule has 18 heavy (non-hydrogen) atoms. The van der Waals surface area contributed by atoms with Gasteiger partial charge in [-0.3, -0.25) is 14.3 Å². The van der Waals surface area contributed by atoms with Gasteiger partial charge < -0.3 is 14.9 Å². The van der Waals surface area contributed by atoms with Crippen molar-refractivity contribution in [1.82, 2.24) is 9.55 Å². The molecule has 1 saturated heterocycles. The summed E-state index contributed by atoms with van der Waals surface area (Å²) in [7, 11) is 0. The summed E-state index contributed by atoms with van der Waals surface area (Å²) in [5.41, 5.74) is -2.12. The highest BCUT2D eigenvalue weighted by molar-refractivity contribution is 5.73. The first-order valence-corrected chi connectivity index (χ1v) is 4.97. The van der Waals surface area contributed by atoms with Gasteiger partial charge in [-0.2, -0.15) is 4.39 Å². The van der Waals surface area contributed by atoms with E-state index in [0.29, 0.717) is 10.8 Å². The molecule has 0 spiro atoms. The Bertz CT molecular complexity index is 593. The van der Waals surface area contributed by atoms with Gasteiger partial charge in [0.15, 0.2) is 6.10 Å². The number of aliphatic carboxylic acids is 1. The van der Waals surface area contributed by atoms with Gasteiger partial charge in [-0.1, -0.05) is 0 Å². The van der Waals surface area contributed by atoms with Crippen LogP contribution in [0.4, 0.5) is 4.39 Å². The lowest BCUT2D eigenvalue weighted by Gasteiger charge is -2.13. The predicted molar refractivity (Wildman–Crippen MR) is 53.5 cm³/mol. The number of H-pyrrole nitrogens is 1. The number of hydrogen-bond acceptors (Lipinski definition) is 5. The number of ether oxygens (including phenoxy) is 1. The summed E-state index contributed by atoms with van der Waals surface area (Å²) in [6, 6.07) is 0. The molecule has 1 aromatic heterocycles. The van der Waals surface area contributed by atoms with Crippen molar-refractivity contribution in [2.45, 2.75) is 24.9 Å². The Labute approximate surface area is 98.3 Å². The molecule has 0 radical (unpaired) electrons. The second-order valence-corrected chi connectivity index (χ2v) is 3.80. The molecule has 0 amide bonds. The lowest BCUT2D eigenvalue weighted by Crippen LogP contribution is -2.34. The fourth-order valence-corrected chi connectivity index (χ4v) is 1.72. The van der Waals surface area contributed by atoms with Crippen LogP contribution in [0.15, 0.2) is 15.8 Å². The van der Waals surface area contributed by atoms with Gasteiger partial charge in [-0.15, -0.1) is 0 Å². The highest BCUT2D eigenvalue weighted by Crippen LogP contribution is 2.27. The molecule has 98 valence electrons. The number of nitrogens with zero attached hydrogens (tertiary/aromatic N) is 1. The Morgan fingerprint density at radius 1 is 1.56 bits per heavy atom. The normalized spacial score (nSPS) is 27.3. The first-order chi connectivity index (χ1) is 8.40. The first kappa shape index (κ1) is 12.5. The van der Waals surface area contributed by atoms with E-state index >= 15 is 0 Å². The summed E-state index contributed by atoms with van der Waals surface area (Å²) < 4.78 is 18.6. The van der Waals surface area contributed by atoms with Crippen molar-refractivity contribution in [1.29, 1.82) is 0 Å². The highest BCUT2D eigenvalue weighted by Gasteiger charge is 2.40. The second kappa shape index (κ2) is 4.35. The van der Waals surface area contributed by atoms with Crippen molar-refractivity contribution in [3.05, 3.63) is 32.9 Å². The number of aromatic nitrogens is 2. The van der Waals surface area contributed by atoms with Crippen LogP contribution in [0.5, 0.6) is 0 Å². The average molecular weight is 260 g/mol. The third-order valence-corrected chi connectivity index (χ3v) is 2.57. The molecule has 9 heteroatoms. The molecule has 8 nitrogen and oxygen atoms in total. The van der Waals surface area contributed by atoms with E-state index in [1.807, 2.05) is 0 Å². The van der Waals surface area contributed by atoms with Gasteiger partial charge >= 0.3 is 11.7 Å². The van der Waals surface area contributed by atoms with Crippen LogP contribution < -0.4 is 11.2 Å². The molecule has 0 bridgehead atoms. The molecule has 3 atom stereocenters. The summed E-state index contributed by atoms with van der Waals surface area (Å²) in [6.07, 6.45) is -3.52. The molecule has 0 aliphatic carbocycles. The Kier molecular flexibility index (Phi) is 3.01. The van der Waals surface area contributed by atoms with Crippen LogP contribution in [0.3, 0.4) is 0 Å². The van der Waals surface area contributed by atoms with Gasteiger partial charge in [0.25, 0.3) is 5.56 Å². The number of halogens is 1. The monoisotopic (exact) mass is 260 g/mol. The zero-order valence-corrected chi connectivity index (χ0v) is 8.87. The molecule has 0 saturated carbocycles. The van der Waals surface area contributed by atoms with Gasteiger partial charge in [0.2, 0.25) is 5.82 Å². The van der Waals surface area contributed by atoms with Crippen molar-refractivity contribution in [2.24, 2.45) is 0 Å². The summed E-state index contributed by atoms with van der Waals surface area (Å²) in [6.45, 7) is 0. The summed E-state index contributed by atoms with van der Waals surface area (Å²) >= 11 is 0. The number of carbonyl (C=O) groups is 1. The minimum atomic E-state index is -1.49. The van der Waals surface area contributed by atoms with E-state index in [1.165, 1.54) is 0 Å². The zero-order chi connectivity index (χ0) is 13.4. The van der Waals surface area contributed by atoms with Crippen LogP contribution >= 0.6 is 0 Å². The van der Waals surface area contributed by atoms with Gasteiger partial charge in [-0.25, -0.2) is 9.59 Å². The molecule has 1 unspecified atom stereocenters. The number of carboxylic acid groups (broad SMARTS) is 1. The van der Waals surface area contributed by atoms with Crippen molar-refractivity contribution >= 4 is 5.97 Å². The molecule has 1 aromatic rings. The topological polar surface area (TPSA) is 122 Å². The lowest BCUT2D eigenvalue weighted by molar-refractivity contribution is -0.155. The Hall–Kier alpha value is -2.00. The number of aromatic amines is 1. The average Bonchev–Trinajstić information content (AvgIpc) is 2.65. The minimum Gasteiger partial charge on any atom is -0.479 e. The van der Waals surface area contributed by atoms with Gasteiger partial charge in [0, 0.05) is 6.42 Å². The maximum absolute atomic E-state index is 13.0. The highest BCUT2D eigenvalue weighted by atomic mass is 19.1.